The molecule has 1 fully saturated rings. The molecule has 1 aliphatic rings. The number of benzene rings is 1. The summed E-state index contributed by atoms with van der Waals surface area (Å²) in [5.74, 6) is 2.30. The van der Waals surface area contributed by atoms with Gasteiger partial charge in [0, 0.05) is 19.6 Å². The van der Waals surface area contributed by atoms with Gasteiger partial charge in [0.15, 0.2) is 6.10 Å². The molecule has 130 valence electrons. The molecule has 1 aromatic carbocycles. The fourth-order valence-electron chi connectivity index (χ4n) is 3.27. The smallest absolute Gasteiger partial charge is 0.249 e. The van der Waals surface area contributed by atoms with Crippen molar-refractivity contribution in [2.45, 2.75) is 38.7 Å². The quantitative estimate of drug-likeness (QED) is 0.810. The highest BCUT2D eigenvalue weighted by Crippen LogP contribution is 2.27. The van der Waals surface area contributed by atoms with Gasteiger partial charge in [0.05, 0.1) is 0 Å². The molecule has 0 bridgehead atoms. The molecule has 0 N–H and O–H groups in total. The van der Waals surface area contributed by atoms with Crippen LogP contribution in [-0.4, -0.2) is 41.8 Å². The Morgan fingerprint density at radius 2 is 1.83 bits per heavy atom. The summed E-state index contributed by atoms with van der Waals surface area (Å²) in [7, 11) is 1.67. The van der Waals surface area contributed by atoms with Crippen LogP contribution in [0.2, 0.25) is 0 Å². The summed E-state index contributed by atoms with van der Waals surface area (Å²) < 4.78 is 11.5. The first-order valence-corrected chi connectivity index (χ1v) is 8.80. The van der Waals surface area contributed by atoms with E-state index in [0.29, 0.717) is 11.8 Å². The Kier molecular flexibility index (Phi) is 5.63. The lowest BCUT2D eigenvalue weighted by Gasteiger charge is -2.31. The van der Waals surface area contributed by atoms with E-state index in [1.54, 1.807) is 7.11 Å². The standard InChI is InChI=1S/C19H27N3O2/c1-14-9-11-22(12-10-14)13-15(2)18-20-21-19(24-18)17(23-3)16-7-5-4-6-8-16/h4-8,14-15,17H,9-13H2,1-3H3. The van der Waals surface area contributed by atoms with Crippen molar-refractivity contribution >= 4 is 0 Å². The summed E-state index contributed by atoms with van der Waals surface area (Å²) in [5.41, 5.74) is 1.02. The predicted molar refractivity (Wildman–Crippen MR) is 92.8 cm³/mol. The number of aromatic nitrogens is 2. The third kappa shape index (κ3) is 4.02. The topological polar surface area (TPSA) is 51.4 Å². The predicted octanol–water partition coefficient (Wildman–Crippen LogP) is 3.64. The fraction of sp³-hybridized carbons (Fsp3) is 0.579. The molecule has 2 unspecified atom stereocenters. The highest BCUT2D eigenvalue weighted by atomic mass is 16.5. The molecule has 0 saturated carbocycles. The Hall–Kier alpha value is -1.72. The van der Waals surface area contributed by atoms with Gasteiger partial charge in [-0.3, -0.25) is 0 Å². The molecule has 5 nitrogen and oxygen atoms in total. The van der Waals surface area contributed by atoms with Crippen LogP contribution in [0, 0.1) is 5.92 Å². The minimum atomic E-state index is -0.310. The Bertz CT molecular complexity index is 621. The van der Waals surface area contributed by atoms with E-state index in [2.05, 4.69) is 28.9 Å². The van der Waals surface area contributed by atoms with Crippen molar-refractivity contribution in [2.75, 3.05) is 26.7 Å². The van der Waals surface area contributed by atoms with Gasteiger partial charge in [-0.2, -0.15) is 0 Å². The monoisotopic (exact) mass is 329 g/mol. The van der Waals surface area contributed by atoms with Gasteiger partial charge in [-0.15, -0.1) is 10.2 Å². The van der Waals surface area contributed by atoms with Gasteiger partial charge < -0.3 is 14.1 Å². The van der Waals surface area contributed by atoms with Gasteiger partial charge >= 0.3 is 0 Å². The van der Waals surface area contributed by atoms with Crippen LogP contribution in [0.4, 0.5) is 0 Å². The lowest BCUT2D eigenvalue weighted by molar-refractivity contribution is 0.109. The summed E-state index contributed by atoms with van der Waals surface area (Å²) in [4.78, 5) is 2.50. The first kappa shape index (κ1) is 17.1. The minimum absolute atomic E-state index is 0.230. The Balaban J connectivity index is 1.66. The molecular formula is C19H27N3O2. The van der Waals surface area contributed by atoms with Crippen LogP contribution < -0.4 is 0 Å². The van der Waals surface area contributed by atoms with Gasteiger partial charge in [-0.25, -0.2) is 0 Å². The van der Waals surface area contributed by atoms with E-state index in [4.69, 9.17) is 9.15 Å². The number of nitrogens with zero attached hydrogens (tertiary/aromatic N) is 3. The van der Waals surface area contributed by atoms with Crippen LogP contribution in [0.1, 0.15) is 56.1 Å². The molecule has 1 aliphatic heterocycles. The maximum Gasteiger partial charge on any atom is 0.249 e. The van der Waals surface area contributed by atoms with Gasteiger partial charge in [0.1, 0.15) is 0 Å². The zero-order valence-corrected chi connectivity index (χ0v) is 14.8. The molecule has 3 rings (SSSR count). The van der Waals surface area contributed by atoms with Crippen LogP contribution in [0.5, 0.6) is 0 Å². The summed E-state index contributed by atoms with van der Waals surface area (Å²) in [6, 6.07) is 9.97. The van der Waals surface area contributed by atoms with E-state index in [1.165, 1.54) is 12.8 Å². The lowest BCUT2D eigenvalue weighted by atomic mass is 9.98. The molecular weight excluding hydrogens is 302 g/mol. The normalized spacial score (nSPS) is 19.3. The number of piperidine rings is 1. The first-order valence-electron chi connectivity index (χ1n) is 8.80. The molecule has 0 spiro atoms. The average Bonchev–Trinajstić information content (AvgIpc) is 3.08. The summed E-state index contributed by atoms with van der Waals surface area (Å²) in [6.07, 6.45) is 2.25. The van der Waals surface area contributed by atoms with Crippen molar-refractivity contribution in [1.29, 1.82) is 0 Å². The van der Waals surface area contributed by atoms with Gasteiger partial charge in [-0.1, -0.05) is 44.2 Å². The Morgan fingerprint density at radius 1 is 1.17 bits per heavy atom. The molecule has 2 atom stereocenters. The number of ether oxygens (including phenoxy) is 1. The van der Waals surface area contributed by atoms with E-state index in [0.717, 1.165) is 31.1 Å². The molecule has 0 amide bonds. The Labute approximate surface area is 144 Å². The van der Waals surface area contributed by atoms with Crippen LogP contribution in [0.25, 0.3) is 0 Å². The zero-order chi connectivity index (χ0) is 16.9. The fourth-order valence-corrected chi connectivity index (χ4v) is 3.27. The van der Waals surface area contributed by atoms with Crippen molar-refractivity contribution in [3.8, 4) is 0 Å². The van der Waals surface area contributed by atoms with Crippen LogP contribution in [-0.2, 0) is 4.74 Å². The lowest BCUT2D eigenvalue weighted by Crippen LogP contribution is -2.35. The van der Waals surface area contributed by atoms with Crippen molar-refractivity contribution in [2.24, 2.45) is 5.92 Å². The molecule has 1 saturated heterocycles. The summed E-state index contributed by atoms with van der Waals surface area (Å²) >= 11 is 0. The molecule has 2 aromatic rings. The van der Waals surface area contributed by atoms with E-state index in [-0.39, 0.29) is 12.0 Å². The third-order valence-corrected chi connectivity index (χ3v) is 4.85. The third-order valence-electron chi connectivity index (χ3n) is 4.85. The van der Waals surface area contributed by atoms with Crippen molar-refractivity contribution in [3.63, 3.8) is 0 Å². The second kappa shape index (κ2) is 7.90. The minimum Gasteiger partial charge on any atom is -0.422 e. The largest absolute Gasteiger partial charge is 0.422 e. The number of hydrogen-bond acceptors (Lipinski definition) is 5. The summed E-state index contributed by atoms with van der Waals surface area (Å²) in [6.45, 7) is 7.78. The van der Waals surface area contributed by atoms with Crippen molar-refractivity contribution < 1.29 is 9.15 Å². The maximum atomic E-state index is 5.94. The molecule has 5 heteroatoms. The zero-order valence-electron chi connectivity index (χ0n) is 14.8. The molecule has 24 heavy (non-hydrogen) atoms. The Morgan fingerprint density at radius 3 is 2.50 bits per heavy atom. The second-order valence-electron chi connectivity index (χ2n) is 6.89. The van der Waals surface area contributed by atoms with E-state index < -0.39 is 0 Å². The SMILES string of the molecule is COC(c1ccccc1)c1nnc(C(C)CN2CCC(C)CC2)o1. The highest BCUT2D eigenvalue weighted by Gasteiger charge is 2.24. The second-order valence-corrected chi connectivity index (χ2v) is 6.89. The average molecular weight is 329 g/mol. The summed E-state index contributed by atoms with van der Waals surface area (Å²) in [5, 5.41) is 8.50. The molecule has 1 aromatic heterocycles. The number of likely N-dealkylation sites (tertiary alicyclic amines) is 1. The molecule has 0 radical (unpaired) electrons. The van der Waals surface area contributed by atoms with E-state index in [1.807, 2.05) is 30.3 Å². The van der Waals surface area contributed by atoms with Gasteiger partial charge in [-0.05, 0) is 37.4 Å². The van der Waals surface area contributed by atoms with E-state index in [9.17, 15) is 0 Å². The molecule has 2 heterocycles. The van der Waals surface area contributed by atoms with E-state index >= 15 is 0 Å². The number of hydrogen-bond donors (Lipinski definition) is 0. The highest BCUT2D eigenvalue weighted by molar-refractivity contribution is 5.21. The van der Waals surface area contributed by atoms with Crippen LogP contribution in [0.15, 0.2) is 34.7 Å². The van der Waals surface area contributed by atoms with Crippen LogP contribution >= 0.6 is 0 Å². The first-order chi connectivity index (χ1) is 11.7. The van der Waals surface area contributed by atoms with Gasteiger partial charge in [0.25, 0.3) is 0 Å². The van der Waals surface area contributed by atoms with Crippen molar-refractivity contribution in [3.05, 3.63) is 47.7 Å². The maximum absolute atomic E-state index is 5.94. The van der Waals surface area contributed by atoms with Crippen LogP contribution in [0.3, 0.4) is 0 Å². The number of rotatable bonds is 6. The number of methoxy groups -OCH3 is 1. The molecule has 0 aliphatic carbocycles. The van der Waals surface area contributed by atoms with Crippen molar-refractivity contribution in [1.82, 2.24) is 15.1 Å². The van der Waals surface area contributed by atoms with Gasteiger partial charge in [0.2, 0.25) is 11.8 Å².